The van der Waals surface area contributed by atoms with Crippen LogP contribution in [0.3, 0.4) is 0 Å². The molecule has 7 aromatic carbocycles. The van der Waals surface area contributed by atoms with E-state index in [1.165, 1.54) is 85.9 Å². The first-order valence-corrected chi connectivity index (χ1v) is 28.5. The fraction of sp³-hybridized carbons (Fsp3) is 0.0698. The molecule has 0 fully saturated rings. The molecule has 7 rings (SSSR count). The molecule has 11 N–H and O–H groups in total. The zero-order valence-electron chi connectivity index (χ0n) is 39.4. The molecule has 0 aliphatic rings. The number of benzene rings is 7. The second kappa shape index (κ2) is 23.6. The lowest BCUT2D eigenvalue weighted by Crippen LogP contribution is -2.15. The minimum Gasteiger partial charge on any atom is -0.505 e. The van der Waals surface area contributed by atoms with Gasteiger partial charge in [0.15, 0.2) is 15.6 Å². The topological polar surface area (TPSA) is 493 Å². The summed E-state index contributed by atoms with van der Waals surface area (Å²) in [7, 11) is -21.4. The highest BCUT2D eigenvalue weighted by Gasteiger charge is 2.28. The third-order valence-electron chi connectivity index (χ3n) is 10.0. The number of nitrogens with zero attached hydrogens (tertiary/aromatic N) is 9. The predicted molar refractivity (Wildman–Crippen MR) is 281 cm³/mol. The van der Waals surface area contributed by atoms with Gasteiger partial charge in [-0.3, -0.25) is 28.5 Å². The van der Waals surface area contributed by atoms with Gasteiger partial charge in [0.1, 0.15) is 26.9 Å². The molecule has 0 amide bonds. The van der Waals surface area contributed by atoms with E-state index in [-0.39, 0.29) is 32.5 Å². The fourth-order valence-corrected chi connectivity index (χ4v) is 10.3. The molecule has 0 saturated heterocycles. The highest BCUT2D eigenvalue weighted by Crippen LogP contribution is 2.48. The number of nitro benzene ring substituents is 1. The van der Waals surface area contributed by atoms with Crippen LogP contribution in [-0.2, 0) is 54.7 Å². The van der Waals surface area contributed by atoms with Gasteiger partial charge in [-0.1, -0.05) is 0 Å². The molecule has 0 saturated carbocycles. The second-order valence-corrected chi connectivity index (χ2v) is 23.1. The molecule has 0 atom stereocenters. The molecule has 0 aromatic heterocycles. The normalized spacial score (nSPS) is 12.6. The van der Waals surface area contributed by atoms with Crippen molar-refractivity contribution in [2.24, 2.45) is 40.9 Å². The van der Waals surface area contributed by atoms with Crippen molar-refractivity contribution in [1.82, 2.24) is 0 Å². The number of azo groups is 4. The van der Waals surface area contributed by atoms with Gasteiger partial charge in [-0.05, 0) is 121 Å². The van der Waals surface area contributed by atoms with Crippen LogP contribution >= 0.6 is 0 Å². The van der Waals surface area contributed by atoms with E-state index in [2.05, 4.69) is 49.8 Å². The Kier molecular flexibility index (Phi) is 17.7. The summed E-state index contributed by atoms with van der Waals surface area (Å²) >= 11 is 0. The Morgan fingerprint density at radius 1 is 0.590 bits per heavy atom. The maximum absolute atomic E-state index is 13.1. The molecule has 408 valence electrons. The number of aromatic hydroxyl groups is 1. The number of nitrogens with one attached hydrogen (secondary N) is 1. The second-order valence-electron chi connectivity index (χ2n) is 15.5. The number of sulfone groups is 1. The summed E-state index contributed by atoms with van der Waals surface area (Å²) in [6, 6.07) is 26.8. The molecule has 0 spiro atoms. The van der Waals surface area contributed by atoms with Gasteiger partial charge in [0, 0.05) is 30.6 Å². The van der Waals surface area contributed by atoms with Crippen LogP contribution < -0.4 is 21.9 Å². The number of non-ortho nitro benzene ring substituents is 1. The number of rotatable bonds is 18. The van der Waals surface area contributed by atoms with E-state index in [9.17, 15) is 66.4 Å². The lowest BCUT2D eigenvalue weighted by Gasteiger charge is -2.14. The molecule has 0 bridgehead atoms. The molecule has 0 unspecified atom stereocenters. The number of fused-ring (bicyclic) bond motifs is 1. The number of sulfonamides is 1. The van der Waals surface area contributed by atoms with E-state index >= 15 is 0 Å². The number of hydrogen-bond acceptors (Lipinski definition) is 25. The molecular formula is C43H39N13O17S5. The molecule has 0 aliphatic heterocycles. The summed E-state index contributed by atoms with van der Waals surface area (Å²) in [4.78, 5) is 8.05. The Morgan fingerprint density at radius 2 is 1.06 bits per heavy atom. The fourth-order valence-electron chi connectivity index (χ4n) is 6.44. The molecule has 78 heavy (non-hydrogen) atoms. The summed E-state index contributed by atoms with van der Waals surface area (Å²) in [5.41, 5.74) is 17.4. The highest BCUT2D eigenvalue weighted by atomic mass is 32.3. The SMILES string of the molecule is CN=Nc1ccc(S(=O)(=O)CCOS(=O)(=O)O)cc1.Nc1ccc(N=Nc2ccc(NS(=O)(=O)c3ccc(N=Nc4c(S(=O)(=O)O)cc5cc(S(=O)(=O)O)c(N=Nc6ccc([N+](=O)[O-])cc6)c(N)c5c4O)cc3)cc2)c(N)c1. The molecule has 0 aliphatic carbocycles. The van der Waals surface area contributed by atoms with Crippen LogP contribution in [0.25, 0.3) is 10.8 Å². The number of phenols is 1. The van der Waals surface area contributed by atoms with Gasteiger partial charge in [-0.15, -0.1) is 15.3 Å². The van der Waals surface area contributed by atoms with Gasteiger partial charge >= 0.3 is 10.4 Å². The van der Waals surface area contributed by atoms with Crippen LogP contribution in [0.1, 0.15) is 0 Å². The molecule has 35 heteroatoms. The van der Waals surface area contributed by atoms with Crippen LogP contribution in [0.5, 0.6) is 5.75 Å². The van der Waals surface area contributed by atoms with Crippen LogP contribution in [0.2, 0.25) is 0 Å². The minimum absolute atomic E-state index is 0.00138. The van der Waals surface area contributed by atoms with Crippen molar-refractivity contribution < 1.29 is 70.0 Å². The number of nitrogens with two attached hydrogens (primary N) is 3. The van der Waals surface area contributed by atoms with Crippen LogP contribution in [0, 0.1) is 10.1 Å². The van der Waals surface area contributed by atoms with Crippen molar-refractivity contribution in [3.63, 3.8) is 0 Å². The highest BCUT2D eigenvalue weighted by molar-refractivity contribution is 7.92. The van der Waals surface area contributed by atoms with Crippen molar-refractivity contribution in [1.29, 1.82) is 0 Å². The third-order valence-corrected chi connectivity index (χ3v) is 15.3. The maximum Gasteiger partial charge on any atom is 0.397 e. The standard InChI is InChI=1S/C34H27N11O11S3.C9H12N2O6S2/c35-19-1-14-27(26(36)17-19)41-38-20-2-4-23(5-3-20)44-57(49,50)25-12-8-22(9-13-25)40-43-33-29(59(54,55)56)16-18-15-28(58(51,52)53)32(31(37)30(18)34(33)46)42-39-21-6-10-24(11-7-21)45(47)48;1-10-11-8-2-4-9(5-3-8)18(12,13)7-6-17-19(14,15)16/h1-17,44,46H,35-37H2,(H,51,52,53)(H,54,55,56);2-5H,6-7H2,1H3,(H,14,15,16). The Labute approximate surface area is 442 Å². The van der Waals surface area contributed by atoms with Crippen molar-refractivity contribution in [2.75, 3.05) is 41.3 Å². The van der Waals surface area contributed by atoms with E-state index in [4.69, 9.17) is 21.8 Å². The van der Waals surface area contributed by atoms with Crippen LogP contribution in [-0.4, -0.2) is 85.2 Å². The summed E-state index contributed by atoms with van der Waals surface area (Å²) in [5.74, 6) is -1.60. The summed E-state index contributed by atoms with van der Waals surface area (Å²) < 4.78 is 155. The lowest BCUT2D eigenvalue weighted by molar-refractivity contribution is -0.384. The van der Waals surface area contributed by atoms with E-state index < -0.39 is 111 Å². The van der Waals surface area contributed by atoms with Gasteiger partial charge in [-0.2, -0.15) is 50.8 Å². The van der Waals surface area contributed by atoms with Crippen molar-refractivity contribution in [3.8, 4) is 5.75 Å². The van der Waals surface area contributed by atoms with Crippen LogP contribution in [0.4, 0.5) is 68.2 Å². The van der Waals surface area contributed by atoms with Crippen molar-refractivity contribution in [3.05, 3.63) is 138 Å². The van der Waals surface area contributed by atoms with E-state index in [1.54, 1.807) is 12.1 Å². The summed E-state index contributed by atoms with van der Waals surface area (Å²) in [6.07, 6.45) is 0. The monoisotopic (exact) mass is 1170 g/mol. The third kappa shape index (κ3) is 15.2. The Balaban J connectivity index is 0.000000438. The predicted octanol–water partition coefficient (Wildman–Crippen LogP) is 8.73. The molecule has 0 heterocycles. The van der Waals surface area contributed by atoms with Gasteiger partial charge in [-0.25, -0.2) is 21.0 Å². The minimum atomic E-state index is -5.22. The zero-order valence-corrected chi connectivity index (χ0v) is 43.5. The number of anilines is 4. The van der Waals surface area contributed by atoms with E-state index in [0.29, 0.717) is 40.6 Å². The summed E-state index contributed by atoms with van der Waals surface area (Å²) in [5, 5.41) is 52.0. The largest absolute Gasteiger partial charge is 0.505 e. The average molecular weight is 1170 g/mol. The van der Waals surface area contributed by atoms with Crippen molar-refractivity contribution >= 4 is 130 Å². The Morgan fingerprint density at radius 3 is 1.56 bits per heavy atom. The lowest BCUT2D eigenvalue weighted by atomic mass is 10.1. The van der Waals surface area contributed by atoms with Gasteiger partial charge in [0.25, 0.3) is 35.9 Å². The molecule has 30 nitrogen and oxygen atoms in total. The quantitative estimate of drug-likeness (QED) is 0.0131. The number of nitrogen functional groups attached to an aromatic ring is 3. The number of hydrogen-bond donors (Lipinski definition) is 8. The first kappa shape index (κ1) is 58.5. The zero-order chi connectivity index (χ0) is 57.4. The first-order chi connectivity index (χ1) is 36.5. The Bertz CT molecular complexity index is 4150. The number of nitro groups is 1. The van der Waals surface area contributed by atoms with Gasteiger partial charge in [0.2, 0.25) is 0 Å². The molecule has 7 aromatic rings. The van der Waals surface area contributed by atoms with Gasteiger partial charge in [0.05, 0.1) is 66.6 Å². The molecular weight excluding hydrogens is 1130 g/mol. The number of phenolic OH excluding ortho intramolecular Hbond substituents is 1. The van der Waals surface area contributed by atoms with Gasteiger partial charge < -0.3 is 22.3 Å². The van der Waals surface area contributed by atoms with E-state index in [1.807, 2.05) is 0 Å². The smallest absolute Gasteiger partial charge is 0.397 e. The maximum atomic E-state index is 13.1. The Hall–Kier alpha value is -8.81. The van der Waals surface area contributed by atoms with Crippen LogP contribution in [0.15, 0.2) is 188 Å². The first-order valence-electron chi connectivity index (χ1n) is 21.1. The summed E-state index contributed by atoms with van der Waals surface area (Å²) in [6.45, 7) is -0.655. The molecule has 0 radical (unpaired) electrons. The average Bonchev–Trinajstić information content (AvgIpc) is 3.47. The van der Waals surface area contributed by atoms with E-state index in [0.717, 1.165) is 24.3 Å². The van der Waals surface area contributed by atoms with Crippen molar-refractivity contribution in [2.45, 2.75) is 19.6 Å².